The second kappa shape index (κ2) is 8.34. The lowest BCUT2D eigenvalue weighted by molar-refractivity contribution is -0.116. The first kappa shape index (κ1) is 21.0. The highest BCUT2D eigenvalue weighted by Gasteiger charge is 2.33. The van der Waals surface area contributed by atoms with Crippen LogP contribution in [0.25, 0.3) is 0 Å². The maximum absolute atomic E-state index is 13.1. The number of carbonyl (C=O) groups is 1. The molecule has 1 aliphatic rings. The summed E-state index contributed by atoms with van der Waals surface area (Å²) < 4.78 is 30.2. The number of sulfonamides is 1. The van der Waals surface area contributed by atoms with E-state index >= 15 is 0 Å². The van der Waals surface area contributed by atoms with Gasteiger partial charge in [0.25, 0.3) is 0 Å². The topological polar surface area (TPSA) is 84.3 Å². The first-order valence-electron chi connectivity index (χ1n) is 9.28. The molecule has 0 aliphatic carbocycles. The number of anilines is 1. The summed E-state index contributed by atoms with van der Waals surface area (Å²) in [5.74, 6) is 0.280. The zero-order valence-electron chi connectivity index (χ0n) is 16.3. The van der Waals surface area contributed by atoms with Crippen LogP contribution in [0.1, 0.15) is 31.2 Å². The van der Waals surface area contributed by atoms with Crippen LogP contribution in [-0.2, 0) is 21.4 Å². The smallest absolute Gasteiger partial charge is 0.246 e. The van der Waals surface area contributed by atoms with Gasteiger partial charge in [0.05, 0.1) is 11.4 Å². The maximum Gasteiger partial charge on any atom is 0.246 e. The standard InChI is InChI=1S/C19H25BrN4O3S/c1-13-8-10-23(11-9-13)28(26,27)19-14(2)22-24(15(19)3)12-18(25)21-17-6-4-16(20)5-7-17/h4-7,13H,8-12H2,1-3H3,(H,21,25). The van der Waals surface area contributed by atoms with Crippen LogP contribution >= 0.6 is 15.9 Å². The van der Waals surface area contributed by atoms with Crippen molar-refractivity contribution in [3.8, 4) is 0 Å². The number of carbonyl (C=O) groups excluding carboxylic acids is 1. The van der Waals surface area contributed by atoms with Gasteiger partial charge in [-0.15, -0.1) is 0 Å². The summed E-state index contributed by atoms with van der Waals surface area (Å²) in [4.78, 5) is 12.6. The quantitative estimate of drug-likeness (QED) is 0.728. The summed E-state index contributed by atoms with van der Waals surface area (Å²) in [7, 11) is -3.61. The lowest BCUT2D eigenvalue weighted by Gasteiger charge is -2.29. The number of hydrogen-bond donors (Lipinski definition) is 1. The van der Waals surface area contributed by atoms with E-state index in [0.29, 0.717) is 36.1 Å². The molecule has 152 valence electrons. The number of nitrogens with zero attached hydrogens (tertiary/aromatic N) is 3. The molecule has 1 aromatic heterocycles. The highest BCUT2D eigenvalue weighted by molar-refractivity contribution is 9.10. The van der Waals surface area contributed by atoms with Gasteiger partial charge < -0.3 is 5.32 Å². The Balaban J connectivity index is 1.77. The molecule has 7 nitrogen and oxygen atoms in total. The van der Waals surface area contributed by atoms with Gasteiger partial charge in [-0.3, -0.25) is 9.48 Å². The number of hydrogen-bond acceptors (Lipinski definition) is 4. The summed E-state index contributed by atoms with van der Waals surface area (Å²) in [6, 6.07) is 7.25. The number of benzene rings is 1. The van der Waals surface area contributed by atoms with Gasteiger partial charge in [0.15, 0.2) is 0 Å². The number of halogens is 1. The minimum atomic E-state index is -3.61. The van der Waals surface area contributed by atoms with Crippen molar-refractivity contribution >= 4 is 37.5 Å². The SMILES string of the molecule is Cc1nn(CC(=O)Nc2ccc(Br)cc2)c(C)c1S(=O)(=O)N1CCC(C)CC1. The second-order valence-corrected chi connectivity index (χ2v) is 10.1. The average Bonchev–Trinajstić information content (AvgIpc) is 2.91. The van der Waals surface area contributed by atoms with E-state index in [1.54, 1.807) is 26.0 Å². The molecule has 1 saturated heterocycles. The van der Waals surface area contributed by atoms with Crippen LogP contribution in [0.2, 0.25) is 0 Å². The van der Waals surface area contributed by atoms with Gasteiger partial charge in [-0.2, -0.15) is 9.40 Å². The van der Waals surface area contributed by atoms with Gasteiger partial charge in [0.1, 0.15) is 11.4 Å². The van der Waals surface area contributed by atoms with Gasteiger partial charge in [-0.25, -0.2) is 8.42 Å². The Kier molecular flexibility index (Phi) is 6.26. The highest BCUT2D eigenvalue weighted by atomic mass is 79.9. The van der Waals surface area contributed by atoms with Crippen LogP contribution in [-0.4, -0.2) is 41.5 Å². The number of rotatable bonds is 5. The molecular weight excluding hydrogens is 444 g/mol. The fraction of sp³-hybridized carbons (Fsp3) is 0.474. The van der Waals surface area contributed by atoms with E-state index in [9.17, 15) is 13.2 Å². The molecule has 0 unspecified atom stereocenters. The van der Waals surface area contributed by atoms with Gasteiger partial charge in [-0.1, -0.05) is 22.9 Å². The number of piperidine rings is 1. The average molecular weight is 469 g/mol. The Morgan fingerprint density at radius 1 is 1.21 bits per heavy atom. The second-order valence-electron chi connectivity index (χ2n) is 7.30. The largest absolute Gasteiger partial charge is 0.324 e. The van der Waals surface area contributed by atoms with Gasteiger partial charge >= 0.3 is 0 Å². The number of aryl methyl sites for hydroxylation is 1. The van der Waals surface area contributed by atoms with Crippen molar-refractivity contribution in [2.45, 2.75) is 45.1 Å². The molecule has 28 heavy (non-hydrogen) atoms. The van der Waals surface area contributed by atoms with Crippen LogP contribution in [0, 0.1) is 19.8 Å². The molecule has 2 aromatic rings. The third-order valence-electron chi connectivity index (χ3n) is 5.08. The van der Waals surface area contributed by atoms with E-state index in [-0.39, 0.29) is 17.3 Å². The van der Waals surface area contributed by atoms with E-state index in [1.807, 2.05) is 12.1 Å². The lowest BCUT2D eigenvalue weighted by atomic mass is 10.0. The Morgan fingerprint density at radius 2 is 1.82 bits per heavy atom. The van der Waals surface area contributed by atoms with Crippen molar-refractivity contribution in [3.63, 3.8) is 0 Å². The Morgan fingerprint density at radius 3 is 2.43 bits per heavy atom. The van der Waals surface area contributed by atoms with E-state index in [1.165, 1.54) is 8.99 Å². The monoisotopic (exact) mass is 468 g/mol. The number of nitrogens with one attached hydrogen (secondary N) is 1. The Hall–Kier alpha value is -1.71. The molecule has 0 saturated carbocycles. The van der Waals surface area contributed by atoms with Gasteiger partial charge in [-0.05, 0) is 56.9 Å². The zero-order valence-corrected chi connectivity index (χ0v) is 18.7. The van der Waals surface area contributed by atoms with Crippen molar-refractivity contribution in [2.75, 3.05) is 18.4 Å². The molecule has 1 aliphatic heterocycles. The third kappa shape index (κ3) is 4.47. The Bertz CT molecular complexity index is 962. The Labute approximate surface area is 174 Å². The van der Waals surface area contributed by atoms with Crippen LogP contribution in [0.15, 0.2) is 33.6 Å². The first-order valence-corrected chi connectivity index (χ1v) is 11.5. The third-order valence-corrected chi connectivity index (χ3v) is 7.76. The normalized spacial score (nSPS) is 16.3. The first-order chi connectivity index (χ1) is 13.2. The molecule has 0 bridgehead atoms. The van der Waals surface area contributed by atoms with Crippen LogP contribution < -0.4 is 5.32 Å². The summed E-state index contributed by atoms with van der Waals surface area (Å²) >= 11 is 3.35. The molecule has 3 rings (SSSR count). The molecule has 9 heteroatoms. The molecular formula is C19H25BrN4O3S. The number of amides is 1. The van der Waals surface area contributed by atoms with E-state index in [0.717, 1.165) is 17.3 Å². The van der Waals surface area contributed by atoms with Gasteiger partial charge in [0, 0.05) is 23.2 Å². The van der Waals surface area contributed by atoms with Crippen molar-refractivity contribution in [2.24, 2.45) is 5.92 Å². The summed E-state index contributed by atoms with van der Waals surface area (Å²) in [5, 5.41) is 7.12. The molecule has 1 aromatic carbocycles. The minimum absolute atomic E-state index is 0.0463. The molecule has 1 fully saturated rings. The van der Waals surface area contributed by atoms with Gasteiger partial charge in [0.2, 0.25) is 15.9 Å². The summed E-state index contributed by atoms with van der Waals surface area (Å²) in [5.41, 5.74) is 1.58. The molecule has 2 heterocycles. The predicted molar refractivity (Wildman–Crippen MR) is 112 cm³/mol. The maximum atomic E-state index is 13.1. The zero-order chi connectivity index (χ0) is 20.5. The fourth-order valence-electron chi connectivity index (χ4n) is 3.43. The highest BCUT2D eigenvalue weighted by Crippen LogP contribution is 2.27. The number of aromatic nitrogens is 2. The van der Waals surface area contributed by atoms with Crippen LogP contribution in [0.4, 0.5) is 5.69 Å². The van der Waals surface area contributed by atoms with Crippen molar-refractivity contribution in [1.29, 1.82) is 0 Å². The molecule has 0 radical (unpaired) electrons. The molecule has 1 amide bonds. The lowest BCUT2D eigenvalue weighted by Crippen LogP contribution is -2.38. The van der Waals surface area contributed by atoms with E-state index in [2.05, 4.69) is 33.3 Å². The fourth-order valence-corrected chi connectivity index (χ4v) is 5.54. The van der Waals surface area contributed by atoms with Crippen LogP contribution in [0.5, 0.6) is 0 Å². The summed E-state index contributed by atoms with van der Waals surface area (Å²) in [6.07, 6.45) is 1.72. The molecule has 0 atom stereocenters. The van der Waals surface area contributed by atoms with Crippen molar-refractivity contribution in [3.05, 3.63) is 40.1 Å². The van der Waals surface area contributed by atoms with Crippen LogP contribution in [0.3, 0.4) is 0 Å². The predicted octanol–water partition coefficient (Wildman–Crippen LogP) is 3.32. The summed E-state index contributed by atoms with van der Waals surface area (Å²) in [6.45, 7) is 6.52. The molecule has 1 N–H and O–H groups in total. The van der Waals surface area contributed by atoms with E-state index < -0.39 is 10.0 Å². The molecule has 0 spiro atoms. The van der Waals surface area contributed by atoms with E-state index in [4.69, 9.17) is 0 Å². The minimum Gasteiger partial charge on any atom is -0.324 e. The van der Waals surface area contributed by atoms with Crippen molar-refractivity contribution in [1.82, 2.24) is 14.1 Å². The van der Waals surface area contributed by atoms with Crippen molar-refractivity contribution < 1.29 is 13.2 Å².